The van der Waals surface area contributed by atoms with Crippen LogP contribution < -0.4 is 15.5 Å². The standard InChI is InChI=1S/C26H22N4O6/c1-17-22(7-4-8-23(17)30(33)34)24-12-11-21(36-24)14-28-29-25(31)15-27-26(32)16-35-20-10-9-18-5-2-3-6-19(18)13-20/h2-14H,15-16H2,1H3,(H,27,32)(H,29,31)/b28-14-. The fourth-order valence-electron chi connectivity index (χ4n) is 3.50. The molecular weight excluding hydrogens is 464 g/mol. The fraction of sp³-hybridized carbons (Fsp3) is 0.115. The number of nitrogens with one attached hydrogen (secondary N) is 2. The van der Waals surface area contributed by atoms with Crippen LogP contribution in [-0.2, 0) is 9.59 Å². The van der Waals surface area contributed by atoms with Crippen LogP contribution in [0.1, 0.15) is 11.3 Å². The second kappa shape index (κ2) is 11.0. The van der Waals surface area contributed by atoms with E-state index in [1.807, 2.05) is 36.4 Å². The van der Waals surface area contributed by atoms with E-state index in [2.05, 4.69) is 15.8 Å². The van der Waals surface area contributed by atoms with Crippen molar-refractivity contribution in [2.24, 2.45) is 5.10 Å². The van der Waals surface area contributed by atoms with Crippen LogP contribution in [0.5, 0.6) is 5.75 Å². The molecule has 0 bridgehead atoms. The number of rotatable bonds is 9. The maximum atomic E-state index is 12.0. The quantitative estimate of drug-likeness (QED) is 0.209. The molecule has 36 heavy (non-hydrogen) atoms. The van der Waals surface area contributed by atoms with E-state index in [1.54, 1.807) is 37.3 Å². The first kappa shape index (κ1) is 24.1. The first-order valence-electron chi connectivity index (χ1n) is 10.9. The van der Waals surface area contributed by atoms with Crippen molar-refractivity contribution in [1.29, 1.82) is 0 Å². The molecule has 0 atom stereocenters. The third-order valence-electron chi connectivity index (χ3n) is 5.31. The molecule has 0 spiro atoms. The van der Waals surface area contributed by atoms with Crippen LogP contribution >= 0.6 is 0 Å². The molecule has 0 aliphatic carbocycles. The van der Waals surface area contributed by atoms with Gasteiger partial charge in [0.1, 0.15) is 17.3 Å². The van der Waals surface area contributed by atoms with Crippen molar-refractivity contribution in [2.75, 3.05) is 13.2 Å². The molecule has 2 N–H and O–H groups in total. The third kappa shape index (κ3) is 5.92. The number of fused-ring (bicyclic) bond motifs is 1. The number of amides is 2. The summed E-state index contributed by atoms with van der Waals surface area (Å²) < 4.78 is 11.1. The minimum Gasteiger partial charge on any atom is -0.484 e. The molecule has 3 aromatic carbocycles. The maximum Gasteiger partial charge on any atom is 0.273 e. The summed E-state index contributed by atoms with van der Waals surface area (Å²) in [4.78, 5) is 34.6. The van der Waals surface area contributed by atoms with Crippen LogP contribution in [0, 0.1) is 17.0 Å². The van der Waals surface area contributed by atoms with Crippen LogP contribution in [0.25, 0.3) is 22.1 Å². The Kier molecular flexibility index (Phi) is 7.35. The summed E-state index contributed by atoms with van der Waals surface area (Å²) in [5, 5.41) is 19.5. The number of benzene rings is 3. The largest absolute Gasteiger partial charge is 0.484 e. The summed E-state index contributed by atoms with van der Waals surface area (Å²) >= 11 is 0. The van der Waals surface area contributed by atoms with Gasteiger partial charge >= 0.3 is 0 Å². The molecule has 0 radical (unpaired) electrons. The SMILES string of the molecule is Cc1c(-c2ccc(/C=N\NC(=O)CNC(=O)COc3ccc4ccccc4c3)o2)cccc1[N+](=O)[O-]. The Hall–Kier alpha value is -4.99. The van der Waals surface area contributed by atoms with Crippen molar-refractivity contribution < 1.29 is 23.7 Å². The van der Waals surface area contributed by atoms with Crippen LogP contribution in [-0.4, -0.2) is 36.1 Å². The van der Waals surface area contributed by atoms with Gasteiger partial charge in [0.2, 0.25) is 0 Å². The van der Waals surface area contributed by atoms with Crippen molar-refractivity contribution in [1.82, 2.24) is 10.7 Å². The van der Waals surface area contributed by atoms with E-state index in [-0.39, 0.29) is 18.8 Å². The molecule has 0 aliphatic rings. The summed E-state index contributed by atoms with van der Waals surface area (Å²) in [7, 11) is 0. The van der Waals surface area contributed by atoms with Crippen LogP contribution in [0.4, 0.5) is 5.69 Å². The lowest BCUT2D eigenvalue weighted by atomic mass is 10.1. The molecule has 1 heterocycles. The zero-order valence-electron chi connectivity index (χ0n) is 19.3. The number of hydrogen-bond acceptors (Lipinski definition) is 7. The number of carbonyl (C=O) groups is 2. The van der Waals surface area contributed by atoms with E-state index >= 15 is 0 Å². The number of furan rings is 1. The van der Waals surface area contributed by atoms with Gasteiger partial charge in [-0.05, 0) is 42.0 Å². The Morgan fingerprint density at radius 1 is 1.03 bits per heavy atom. The highest BCUT2D eigenvalue weighted by Gasteiger charge is 2.16. The van der Waals surface area contributed by atoms with Gasteiger partial charge in [0.25, 0.3) is 17.5 Å². The van der Waals surface area contributed by atoms with Gasteiger partial charge in [-0.15, -0.1) is 0 Å². The van der Waals surface area contributed by atoms with Crippen LogP contribution in [0.2, 0.25) is 0 Å². The molecule has 0 saturated heterocycles. The van der Waals surface area contributed by atoms with E-state index in [4.69, 9.17) is 9.15 Å². The molecule has 1 aromatic heterocycles. The Labute approximate surface area is 205 Å². The van der Waals surface area contributed by atoms with Gasteiger partial charge in [-0.1, -0.05) is 42.5 Å². The van der Waals surface area contributed by atoms with Crippen molar-refractivity contribution >= 4 is 34.5 Å². The van der Waals surface area contributed by atoms with E-state index in [0.29, 0.717) is 28.4 Å². The molecule has 0 saturated carbocycles. The Morgan fingerprint density at radius 3 is 2.64 bits per heavy atom. The van der Waals surface area contributed by atoms with Crippen molar-refractivity contribution in [3.63, 3.8) is 0 Å². The Balaban J connectivity index is 1.23. The normalized spacial score (nSPS) is 10.9. The average molecular weight is 486 g/mol. The zero-order chi connectivity index (χ0) is 25.5. The zero-order valence-corrected chi connectivity index (χ0v) is 19.3. The molecule has 10 heteroatoms. The van der Waals surface area contributed by atoms with Gasteiger partial charge < -0.3 is 14.5 Å². The van der Waals surface area contributed by atoms with Gasteiger partial charge in [-0.3, -0.25) is 19.7 Å². The Bertz CT molecular complexity index is 1460. The number of carbonyl (C=O) groups excluding carboxylic acids is 2. The lowest BCUT2D eigenvalue weighted by Crippen LogP contribution is -2.37. The minimum absolute atomic E-state index is 0.00362. The summed E-state index contributed by atoms with van der Waals surface area (Å²) in [6.07, 6.45) is 1.29. The van der Waals surface area contributed by atoms with Gasteiger partial charge in [-0.25, -0.2) is 5.43 Å². The Morgan fingerprint density at radius 2 is 1.83 bits per heavy atom. The number of nitro groups is 1. The van der Waals surface area contributed by atoms with Crippen molar-refractivity contribution in [2.45, 2.75) is 6.92 Å². The number of hydrogen-bond donors (Lipinski definition) is 2. The van der Waals surface area contributed by atoms with Crippen LogP contribution in [0.15, 0.2) is 82.3 Å². The molecule has 10 nitrogen and oxygen atoms in total. The summed E-state index contributed by atoms with van der Waals surface area (Å²) in [6.45, 7) is 1.12. The van der Waals surface area contributed by atoms with E-state index < -0.39 is 16.7 Å². The third-order valence-corrected chi connectivity index (χ3v) is 5.31. The first-order valence-corrected chi connectivity index (χ1v) is 10.9. The van der Waals surface area contributed by atoms with Gasteiger partial charge in [0.15, 0.2) is 6.61 Å². The van der Waals surface area contributed by atoms with Gasteiger partial charge in [0, 0.05) is 17.2 Å². The number of nitro benzene ring substituents is 1. The highest BCUT2D eigenvalue weighted by molar-refractivity contribution is 5.87. The molecule has 182 valence electrons. The molecule has 2 amide bonds. The predicted octanol–water partition coefficient (Wildman–Crippen LogP) is 3.96. The monoisotopic (exact) mass is 486 g/mol. The lowest BCUT2D eigenvalue weighted by Gasteiger charge is -2.08. The summed E-state index contributed by atoms with van der Waals surface area (Å²) in [5.74, 6) is 0.333. The molecule has 0 aliphatic heterocycles. The smallest absolute Gasteiger partial charge is 0.273 e. The minimum atomic E-state index is -0.536. The summed E-state index contributed by atoms with van der Waals surface area (Å²) in [5.41, 5.74) is 3.35. The van der Waals surface area contributed by atoms with E-state index in [0.717, 1.165) is 10.8 Å². The lowest BCUT2D eigenvalue weighted by molar-refractivity contribution is -0.385. The second-order valence-electron chi connectivity index (χ2n) is 7.78. The fourth-order valence-corrected chi connectivity index (χ4v) is 3.50. The van der Waals surface area contributed by atoms with Gasteiger partial charge in [0.05, 0.1) is 17.7 Å². The molecule has 0 fully saturated rings. The maximum absolute atomic E-state index is 12.0. The molecule has 4 aromatic rings. The number of hydrazone groups is 1. The first-order chi connectivity index (χ1) is 17.4. The summed E-state index contributed by atoms with van der Waals surface area (Å²) in [6, 6.07) is 21.3. The van der Waals surface area contributed by atoms with E-state index in [1.165, 1.54) is 12.3 Å². The second-order valence-corrected chi connectivity index (χ2v) is 7.78. The highest BCUT2D eigenvalue weighted by Crippen LogP contribution is 2.30. The average Bonchev–Trinajstić information content (AvgIpc) is 3.34. The molecule has 4 rings (SSSR count). The highest BCUT2D eigenvalue weighted by atomic mass is 16.6. The topological polar surface area (TPSA) is 136 Å². The number of nitrogens with zero attached hydrogens (tertiary/aromatic N) is 2. The number of ether oxygens (including phenoxy) is 1. The molecule has 0 unspecified atom stereocenters. The van der Waals surface area contributed by atoms with Crippen molar-refractivity contribution in [3.05, 3.63) is 94.2 Å². The molecular formula is C26H22N4O6. The van der Waals surface area contributed by atoms with Gasteiger partial charge in [-0.2, -0.15) is 5.10 Å². The predicted molar refractivity (Wildman–Crippen MR) is 134 cm³/mol. The van der Waals surface area contributed by atoms with Crippen molar-refractivity contribution in [3.8, 4) is 17.1 Å². The van der Waals surface area contributed by atoms with Crippen LogP contribution in [0.3, 0.4) is 0 Å². The van der Waals surface area contributed by atoms with E-state index in [9.17, 15) is 19.7 Å².